The summed E-state index contributed by atoms with van der Waals surface area (Å²) in [6, 6.07) is 39.9. The van der Waals surface area contributed by atoms with E-state index in [1.54, 1.807) is 24.3 Å². The molecule has 42 heavy (non-hydrogen) atoms. The van der Waals surface area contributed by atoms with E-state index < -0.39 is 11.9 Å². The van der Waals surface area contributed by atoms with Gasteiger partial charge in [-0.3, -0.25) is 0 Å². The van der Waals surface area contributed by atoms with Crippen molar-refractivity contribution in [2.45, 2.75) is 6.92 Å². The van der Waals surface area contributed by atoms with Crippen LogP contribution in [0.3, 0.4) is 0 Å². The Kier molecular flexibility index (Phi) is 8.40. The first-order valence-corrected chi connectivity index (χ1v) is 13.4. The van der Waals surface area contributed by atoms with Gasteiger partial charge in [0.1, 0.15) is 11.5 Å². The second-order valence-corrected chi connectivity index (χ2v) is 9.56. The Hall–Kier alpha value is -5.68. The Bertz CT molecular complexity index is 1590. The van der Waals surface area contributed by atoms with Crippen molar-refractivity contribution in [1.29, 1.82) is 0 Å². The summed E-state index contributed by atoms with van der Waals surface area (Å²) in [5, 5.41) is 0. The van der Waals surface area contributed by atoms with E-state index in [1.165, 1.54) is 5.56 Å². The number of nitrogens with zero attached hydrogens (tertiary/aromatic N) is 1. The van der Waals surface area contributed by atoms with Gasteiger partial charge in [-0.15, -0.1) is 0 Å². The Morgan fingerprint density at radius 1 is 0.500 bits per heavy atom. The molecule has 0 aliphatic carbocycles. The molecule has 0 saturated carbocycles. The number of aryl methyl sites for hydroxylation is 1. The summed E-state index contributed by atoms with van der Waals surface area (Å²) in [6.45, 7) is 8.93. The lowest BCUT2D eigenvalue weighted by atomic mass is 10.0. The Balaban J connectivity index is 1.41. The van der Waals surface area contributed by atoms with Crippen LogP contribution in [-0.4, -0.2) is 11.9 Å². The normalized spacial score (nSPS) is 10.4. The number of ether oxygens (including phenoxy) is 2. The number of rotatable bonds is 9. The van der Waals surface area contributed by atoms with Crippen molar-refractivity contribution in [3.8, 4) is 33.8 Å². The first-order valence-electron chi connectivity index (χ1n) is 13.4. The molecule has 0 saturated heterocycles. The van der Waals surface area contributed by atoms with E-state index in [4.69, 9.17) is 9.47 Å². The van der Waals surface area contributed by atoms with Crippen molar-refractivity contribution in [2.24, 2.45) is 0 Å². The maximum Gasteiger partial charge on any atom is 0.335 e. The fourth-order valence-corrected chi connectivity index (χ4v) is 4.49. The van der Waals surface area contributed by atoms with Gasteiger partial charge in [0.15, 0.2) is 0 Å². The molecule has 5 aromatic carbocycles. The molecule has 0 aliphatic heterocycles. The van der Waals surface area contributed by atoms with Crippen LogP contribution < -0.4 is 14.4 Å². The van der Waals surface area contributed by atoms with Crippen molar-refractivity contribution < 1.29 is 19.1 Å². The summed E-state index contributed by atoms with van der Waals surface area (Å²) in [5.74, 6) is -0.0239. The summed E-state index contributed by atoms with van der Waals surface area (Å²) in [6.07, 6.45) is 2.28. The third kappa shape index (κ3) is 6.54. The largest absolute Gasteiger partial charge is 0.423 e. The Labute approximate surface area is 245 Å². The number of hydrogen-bond acceptors (Lipinski definition) is 5. The molecule has 5 heteroatoms. The Morgan fingerprint density at radius 2 is 0.786 bits per heavy atom. The van der Waals surface area contributed by atoms with E-state index in [0.29, 0.717) is 11.5 Å². The lowest BCUT2D eigenvalue weighted by Crippen LogP contribution is -2.09. The van der Waals surface area contributed by atoms with E-state index in [0.717, 1.165) is 51.5 Å². The minimum atomic E-state index is -0.485. The molecular weight excluding hydrogens is 522 g/mol. The molecule has 0 unspecified atom stereocenters. The number of hydrogen-bond donors (Lipinski definition) is 0. The maximum atomic E-state index is 11.5. The lowest BCUT2D eigenvalue weighted by molar-refractivity contribution is -0.129. The SMILES string of the molecule is C=CC(=O)Oc1ccc(-c2ccc(N(c3ccc(C)cc3)c3ccc(-c4ccc(OC(=O)C=C)cc4)cc3)cc2)cc1. The first kappa shape index (κ1) is 27.9. The molecule has 0 bridgehead atoms. The molecule has 5 aromatic rings. The van der Waals surface area contributed by atoms with E-state index in [2.05, 4.69) is 97.8 Å². The van der Waals surface area contributed by atoms with Gasteiger partial charge in [-0.1, -0.05) is 79.4 Å². The van der Waals surface area contributed by atoms with Gasteiger partial charge in [-0.25, -0.2) is 9.59 Å². The van der Waals surface area contributed by atoms with Gasteiger partial charge < -0.3 is 14.4 Å². The Morgan fingerprint density at radius 3 is 1.10 bits per heavy atom. The predicted octanol–water partition coefficient (Wildman–Crippen LogP) is 8.98. The fraction of sp³-hybridized carbons (Fsp3) is 0.0270. The summed E-state index contributed by atoms with van der Waals surface area (Å²) in [7, 11) is 0. The van der Waals surface area contributed by atoms with Crippen molar-refractivity contribution in [3.63, 3.8) is 0 Å². The highest BCUT2D eigenvalue weighted by Gasteiger charge is 2.13. The van der Waals surface area contributed by atoms with Gasteiger partial charge >= 0.3 is 11.9 Å². The van der Waals surface area contributed by atoms with Crippen molar-refractivity contribution >= 4 is 29.0 Å². The molecule has 0 fully saturated rings. The van der Waals surface area contributed by atoms with Crippen LogP contribution in [0, 0.1) is 6.92 Å². The standard InChI is InChI=1S/C37H29NO4/c1-4-36(39)41-34-22-12-29(13-23-34)27-8-18-32(19-9-27)38(31-16-6-26(3)7-17-31)33-20-10-28(11-21-33)30-14-24-35(25-15-30)42-37(40)5-2/h4-25H,1-2H2,3H3. The topological polar surface area (TPSA) is 55.8 Å². The van der Waals surface area contributed by atoms with Crippen LogP contribution in [0.1, 0.15) is 5.56 Å². The zero-order chi connectivity index (χ0) is 29.5. The minimum absolute atomic E-state index is 0.473. The van der Waals surface area contributed by atoms with Crippen LogP contribution in [-0.2, 0) is 9.59 Å². The second-order valence-electron chi connectivity index (χ2n) is 9.56. The number of carbonyl (C=O) groups is 2. The van der Waals surface area contributed by atoms with Crippen LogP contribution in [0.15, 0.2) is 147 Å². The van der Waals surface area contributed by atoms with Crippen molar-refractivity contribution in [3.05, 3.63) is 152 Å². The minimum Gasteiger partial charge on any atom is -0.423 e. The highest BCUT2D eigenvalue weighted by atomic mass is 16.5. The molecule has 0 heterocycles. The number of anilines is 3. The molecule has 206 valence electrons. The average Bonchev–Trinajstić information content (AvgIpc) is 3.03. The van der Waals surface area contributed by atoms with Crippen LogP contribution in [0.2, 0.25) is 0 Å². The van der Waals surface area contributed by atoms with Crippen LogP contribution >= 0.6 is 0 Å². The summed E-state index contributed by atoms with van der Waals surface area (Å²) in [5.41, 5.74) is 8.37. The molecule has 0 atom stereocenters. The number of benzene rings is 5. The van der Waals surface area contributed by atoms with Gasteiger partial charge in [0.05, 0.1) is 0 Å². The zero-order valence-corrected chi connectivity index (χ0v) is 23.2. The number of esters is 2. The molecule has 0 aliphatic rings. The molecule has 0 amide bonds. The van der Waals surface area contributed by atoms with Gasteiger partial charge in [-0.2, -0.15) is 0 Å². The van der Waals surface area contributed by atoms with Crippen molar-refractivity contribution in [2.75, 3.05) is 4.90 Å². The third-order valence-electron chi connectivity index (χ3n) is 6.69. The quantitative estimate of drug-likeness (QED) is 0.104. The molecule has 5 rings (SSSR count). The second kappa shape index (κ2) is 12.7. The van der Waals surface area contributed by atoms with Gasteiger partial charge in [-0.05, 0) is 89.8 Å². The third-order valence-corrected chi connectivity index (χ3v) is 6.69. The molecule has 0 N–H and O–H groups in total. The number of carbonyl (C=O) groups excluding carboxylic acids is 2. The summed E-state index contributed by atoms with van der Waals surface area (Å²) in [4.78, 5) is 25.2. The van der Waals surface area contributed by atoms with Gasteiger partial charge in [0, 0.05) is 29.2 Å². The maximum absolute atomic E-state index is 11.5. The highest BCUT2D eigenvalue weighted by molar-refractivity contribution is 5.84. The van der Waals surface area contributed by atoms with Gasteiger partial charge in [0.2, 0.25) is 0 Å². The zero-order valence-electron chi connectivity index (χ0n) is 23.2. The molecule has 0 radical (unpaired) electrons. The van der Waals surface area contributed by atoms with Crippen LogP contribution in [0.4, 0.5) is 17.1 Å². The van der Waals surface area contributed by atoms with E-state index >= 15 is 0 Å². The monoisotopic (exact) mass is 551 g/mol. The smallest absolute Gasteiger partial charge is 0.335 e. The van der Waals surface area contributed by atoms with E-state index in [-0.39, 0.29) is 0 Å². The lowest BCUT2D eigenvalue weighted by Gasteiger charge is -2.26. The fourth-order valence-electron chi connectivity index (χ4n) is 4.49. The van der Waals surface area contributed by atoms with Crippen LogP contribution in [0.25, 0.3) is 22.3 Å². The molecular formula is C37H29NO4. The molecule has 0 spiro atoms. The van der Waals surface area contributed by atoms with E-state index in [1.807, 2.05) is 24.3 Å². The molecule has 5 nitrogen and oxygen atoms in total. The highest BCUT2D eigenvalue weighted by Crippen LogP contribution is 2.37. The summed E-state index contributed by atoms with van der Waals surface area (Å²) >= 11 is 0. The van der Waals surface area contributed by atoms with E-state index in [9.17, 15) is 9.59 Å². The predicted molar refractivity (Wildman–Crippen MR) is 168 cm³/mol. The average molecular weight is 552 g/mol. The van der Waals surface area contributed by atoms with Crippen LogP contribution in [0.5, 0.6) is 11.5 Å². The first-order chi connectivity index (χ1) is 20.4. The summed E-state index contributed by atoms with van der Waals surface area (Å²) < 4.78 is 10.4. The van der Waals surface area contributed by atoms with Gasteiger partial charge in [0.25, 0.3) is 0 Å². The van der Waals surface area contributed by atoms with Crippen molar-refractivity contribution in [1.82, 2.24) is 0 Å². The molecule has 0 aromatic heterocycles.